The van der Waals surface area contributed by atoms with Crippen LogP contribution in [-0.4, -0.2) is 50.9 Å². The number of halogens is 3. The van der Waals surface area contributed by atoms with Gasteiger partial charge in [0.15, 0.2) is 5.69 Å². The van der Waals surface area contributed by atoms with Gasteiger partial charge in [0.05, 0.1) is 53.7 Å². The predicted octanol–water partition coefficient (Wildman–Crippen LogP) is 2.72. The first-order chi connectivity index (χ1) is 15.8. The van der Waals surface area contributed by atoms with Crippen LogP contribution in [0.15, 0.2) is 35.3 Å². The van der Waals surface area contributed by atoms with Gasteiger partial charge in [-0.2, -0.15) is 23.4 Å². The molecule has 0 amide bonds. The molecule has 2 aromatic heterocycles. The third-order valence-corrected chi connectivity index (χ3v) is 4.51. The summed E-state index contributed by atoms with van der Waals surface area (Å²) in [5.74, 6) is -0.664. The zero-order valence-corrected chi connectivity index (χ0v) is 17.1. The second kappa shape index (κ2) is 9.39. The molecule has 0 saturated carbocycles. The summed E-state index contributed by atoms with van der Waals surface area (Å²) in [5, 5.41) is 15.4. The maximum atomic E-state index is 13.8. The van der Waals surface area contributed by atoms with Crippen LogP contribution in [0.3, 0.4) is 0 Å². The molecular weight excluding hydrogens is 433 g/mol. The second-order valence-corrected chi connectivity index (χ2v) is 6.79. The number of carboxylic acids is 1. The van der Waals surface area contributed by atoms with Crippen molar-refractivity contribution in [2.24, 2.45) is 0 Å². The molecular formula is C20H21F3N4O5. The van der Waals surface area contributed by atoms with Crippen LogP contribution in [0.5, 0.6) is 5.75 Å². The first-order valence-electron chi connectivity index (χ1n) is 10.4. The van der Waals surface area contributed by atoms with Gasteiger partial charge in [-0.3, -0.25) is 14.3 Å². The average molecular weight is 456 g/mol. The van der Waals surface area contributed by atoms with Gasteiger partial charge >= 0.3 is 12.1 Å². The fraction of sp³-hybridized carbons (Fsp3) is 0.400. The molecule has 1 unspecified atom stereocenters. The van der Waals surface area contributed by atoms with Crippen LogP contribution in [-0.2, 0) is 22.3 Å². The van der Waals surface area contributed by atoms with Crippen molar-refractivity contribution in [3.05, 3.63) is 52.1 Å². The molecule has 3 rings (SSSR count). The van der Waals surface area contributed by atoms with Gasteiger partial charge in [0, 0.05) is 0 Å². The van der Waals surface area contributed by atoms with Crippen LogP contribution < -0.4 is 10.3 Å². The molecule has 0 fully saturated rings. The number of alkyl halides is 3. The zero-order chi connectivity index (χ0) is 25.3. The van der Waals surface area contributed by atoms with Gasteiger partial charge in [-0.05, 0) is 24.6 Å². The number of methoxy groups -OCH3 is 1. The van der Waals surface area contributed by atoms with Crippen LogP contribution in [0.2, 0.25) is 0 Å². The van der Waals surface area contributed by atoms with Crippen molar-refractivity contribution in [1.29, 1.82) is 0 Å². The Morgan fingerprint density at radius 3 is 2.59 bits per heavy atom. The molecule has 0 aliphatic rings. The van der Waals surface area contributed by atoms with E-state index in [9.17, 15) is 22.8 Å². The Kier molecular flexibility index (Phi) is 6.01. The summed E-state index contributed by atoms with van der Waals surface area (Å²) in [4.78, 5) is 23.6. The Morgan fingerprint density at radius 2 is 2.00 bits per heavy atom. The van der Waals surface area contributed by atoms with Gasteiger partial charge in [-0.1, -0.05) is 12.1 Å². The summed E-state index contributed by atoms with van der Waals surface area (Å²) in [7, 11) is 1.48. The standard InChI is InChI=1S/C20H21F3N4O5/c1-12(11-32-8-7-16(28)29)27-15-9-24-26(10-13-3-5-14(31-2)6-4-13)19(30)17(15)18(25-27)20(21,22)23/h3-6,9,12H,7-8,10-11H2,1-2H3,(H,28,29)/i11D2. The molecule has 2 heterocycles. The molecule has 0 radical (unpaired) electrons. The van der Waals surface area contributed by atoms with Gasteiger partial charge in [0.1, 0.15) is 11.1 Å². The summed E-state index contributed by atoms with van der Waals surface area (Å²) >= 11 is 0. The van der Waals surface area contributed by atoms with E-state index in [2.05, 4.69) is 10.2 Å². The fourth-order valence-electron chi connectivity index (χ4n) is 2.97. The van der Waals surface area contributed by atoms with Crippen LogP contribution in [0.1, 0.15) is 33.4 Å². The van der Waals surface area contributed by atoms with Crippen molar-refractivity contribution < 1.29 is 35.3 Å². The normalized spacial score (nSPS) is 14.2. The van der Waals surface area contributed by atoms with Crippen LogP contribution in [0, 0.1) is 0 Å². The lowest BCUT2D eigenvalue weighted by molar-refractivity contribution is -0.141. The van der Waals surface area contributed by atoms with Crippen molar-refractivity contribution in [2.75, 3.05) is 20.3 Å². The summed E-state index contributed by atoms with van der Waals surface area (Å²) in [6.07, 6.45) is -4.50. The number of carboxylic acid groups (broad SMARTS) is 1. The van der Waals surface area contributed by atoms with Gasteiger partial charge in [-0.15, -0.1) is 0 Å². The maximum absolute atomic E-state index is 13.8. The molecule has 172 valence electrons. The second-order valence-electron chi connectivity index (χ2n) is 6.79. The van der Waals surface area contributed by atoms with Gasteiger partial charge in [0.2, 0.25) is 0 Å². The molecule has 9 nitrogen and oxygen atoms in total. The lowest BCUT2D eigenvalue weighted by Gasteiger charge is -2.13. The highest BCUT2D eigenvalue weighted by molar-refractivity contribution is 5.80. The van der Waals surface area contributed by atoms with Crippen molar-refractivity contribution >= 4 is 16.9 Å². The molecule has 1 N–H and O–H groups in total. The molecule has 12 heteroatoms. The smallest absolute Gasteiger partial charge is 0.435 e. The number of fused-ring (bicyclic) bond motifs is 1. The summed E-state index contributed by atoms with van der Waals surface area (Å²) in [5.41, 5.74) is -2.27. The Balaban J connectivity index is 2.05. The molecule has 1 atom stereocenters. The molecule has 0 bridgehead atoms. The van der Waals surface area contributed by atoms with E-state index in [0.29, 0.717) is 16.0 Å². The van der Waals surface area contributed by atoms with Crippen molar-refractivity contribution in [1.82, 2.24) is 19.6 Å². The number of aromatic nitrogens is 4. The van der Waals surface area contributed by atoms with Crippen molar-refractivity contribution in [2.45, 2.75) is 32.1 Å². The third kappa shape index (κ3) is 5.07. The van der Waals surface area contributed by atoms with E-state index in [1.54, 1.807) is 24.3 Å². The maximum Gasteiger partial charge on any atom is 0.435 e. The Labute approximate surface area is 182 Å². The number of carbonyl (C=O) groups is 1. The number of ether oxygens (including phenoxy) is 2. The third-order valence-electron chi connectivity index (χ3n) is 4.51. The number of hydrogen-bond donors (Lipinski definition) is 1. The van der Waals surface area contributed by atoms with Crippen molar-refractivity contribution in [3.63, 3.8) is 0 Å². The predicted molar refractivity (Wildman–Crippen MR) is 107 cm³/mol. The van der Waals surface area contributed by atoms with Crippen LogP contribution in [0.4, 0.5) is 13.2 Å². The lowest BCUT2D eigenvalue weighted by atomic mass is 10.2. The molecule has 3 aromatic rings. The highest BCUT2D eigenvalue weighted by Crippen LogP contribution is 2.33. The number of aliphatic carboxylic acids is 1. The molecule has 0 spiro atoms. The number of nitrogens with zero attached hydrogens (tertiary/aromatic N) is 4. The van der Waals surface area contributed by atoms with E-state index < -0.39 is 54.4 Å². The van der Waals surface area contributed by atoms with E-state index >= 15 is 0 Å². The minimum atomic E-state index is -5.00. The lowest BCUT2D eigenvalue weighted by Crippen LogP contribution is -2.25. The number of hydrogen-bond acceptors (Lipinski definition) is 6. The highest BCUT2D eigenvalue weighted by Gasteiger charge is 2.39. The number of benzene rings is 1. The first-order valence-corrected chi connectivity index (χ1v) is 9.39. The fourth-order valence-corrected chi connectivity index (χ4v) is 2.97. The van der Waals surface area contributed by atoms with Gasteiger partial charge in [-0.25, -0.2) is 4.68 Å². The molecule has 0 aliphatic carbocycles. The van der Waals surface area contributed by atoms with Crippen molar-refractivity contribution in [3.8, 4) is 5.75 Å². The minimum absolute atomic E-state index is 0.115. The highest BCUT2D eigenvalue weighted by atomic mass is 19.4. The minimum Gasteiger partial charge on any atom is -0.497 e. The van der Waals surface area contributed by atoms with E-state index in [4.69, 9.17) is 17.3 Å². The molecule has 0 saturated heterocycles. The van der Waals surface area contributed by atoms with Crippen LogP contribution in [0.25, 0.3) is 10.9 Å². The summed E-state index contributed by atoms with van der Waals surface area (Å²) in [6.45, 7) is -2.01. The van der Waals surface area contributed by atoms with Gasteiger partial charge in [0.25, 0.3) is 5.56 Å². The average Bonchev–Trinajstić information content (AvgIpc) is 3.16. The largest absolute Gasteiger partial charge is 0.497 e. The van der Waals surface area contributed by atoms with E-state index in [0.717, 1.165) is 10.9 Å². The van der Waals surface area contributed by atoms with E-state index in [1.807, 2.05) is 0 Å². The Morgan fingerprint density at radius 1 is 1.31 bits per heavy atom. The molecule has 1 aromatic carbocycles. The molecule has 32 heavy (non-hydrogen) atoms. The summed E-state index contributed by atoms with van der Waals surface area (Å²) < 4.78 is 68.9. The molecule has 0 aliphatic heterocycles. The Hall–Kier alpha value is -3.41. The van der Waals surface area contributed by atoms with E-state index in [-0.39, 0.29) is 12.1 Å². The zero-order valence-electron chi connectivity index (χ0n) is 19.1. The number of rotatable bonds is 9. The quantitative estimate of drug-likeness (QED) is 0.527. The topological polar surface area (TPSA) is 108 Å². The van der Waals surface area contributed by atoms with Crippen LogP contribution >= 0.6 is 0 Å². The Bertz CT molecular complexity index is 1240. The van der Waals surface area contributed by atoms with E-state index in [1.165, 1.54) is 14.0 Å². The van der Waals surface area contributed by atoms with Gasteiger partial charge < -0.3 is 14.6 Å². The monoisotopic (exact) mass is 456 g/mol. The summed E-state index contributed by atoms with van der Waals surface area (Å²) in [6, 6.07) is 5.09. The first kappa shape index (κ1) is 20.5. The SMILES string of the molecule is [2H]C([2H])(OCCC(=O)O)C(C)n1nc(C(F)(F)F)c2c(=O)n(Cc3ccc(OC)cc3)ncc21.